The summed E-state index contributed by atoms with van der Waals surface area (Å²) in [5.41, 5.74) is 7.26. The number of benzene rings is 2. The van der Waals surface area contributed by atoms with E-state index in [4.69, 9.17) is 14.4 Å². The lowest BCUT2D eigenvalue weighted by molar-refractivity contribution is -0.139. The van der Waals surface area contributed by atoms with Gasteiger partial charge in [0.15, 0.2) is 6.61 Å². The highest BCUT2D eigenvalue weighted by molar-refractivity contribution is 5.89. The average Bonchev–Trinajstić information content (AvgIpc) is 3.37. The number of hydrogen-bond donors (Lipinski definition) is 1. The maximum atomic E-state index is 15.9. The molecular formula is C30H32FNO4. The van der Waals surface area contributed by atoms with E-state index < -0.39 is 11.6 Å². The van der Waals surface area contributed by atoms with Crippen molar-refractivity contribution in [3.63, 3.8) is 0 Å². The second-order valence-electron chi connectivity index (χ2n) is 10.3. The summed E-state index contributed by atoms with van der Waals surface area (Å²) in [5.74, 6) is 0.245. The average molecular weight is 490 g/mol. The van der Waals surface area contributed by atoms with Crippen LogP contribution in [0.3, 0.4) is 0 Å². The number of ether oxygens (including phenoxy) is 1. The molecule has 1 N–H and O–H groups in total. The fourth-order valence-corrected chi connectivity index (χ4v) is 5.96. The van der Waals surface area contributed by atoms with Gasteiger partial charge in [0, 0.05) is 11.5 Å². The van der Waals surface area contributed by atoms with Crippen LogP contribution in [-0.2, 0) is 4.79 Å². The number of halogens is 1. The Balaban J connectivity index is 1.56. The zero-order valence-electron chi connectivity index (χ0n) is 21.1. The number of carboxylic acids is 1. The molecule has 0 saturated heterocycles. The van der Waals surface area contributed by atoms with Crippen molar-refractivity contribution >= 4 is 11.5 Å². The van der Waals surface area contributed by atoms with Gasteiger partial charge in [0.2, 0.25) is 0 Å². The maximum absolute atomic E-state index is 15.9. The molecule has 36 heavy (non-hydrogen) atoms. The first-order valence-corrected chi connectivity index (χ1v) is 12.7. The first kappa shape index (κ1) is 24.3. The number of rotatable bonds is 7. The van der Waals surface area contributed by atoms with Gasteiger partial charge in [0.25, 0.3) is 0 Å². The van der Waals surface area contributed by atoms with E-state index >= 15 is 4.39 Å². The van der Waals surface area contributed by atoms with Gasteiger partial charge in [-0.3, -0.25) is 0 Å². The number of nitrogens with zero attached hydrogens (tertiary/aromatic N) is 1. The molecule has 1 heterocycles. The van der Waals surface area contributed by atoms with Crippen molar-refractivity contribution in [3.8, 4) is 16.9 Å². The molecule has 6 heteroatoms. The zero-order chi connectivity index (χ0) is 25.4. The number of alkyl halides is 1. The maximum Gasteiger partial charge on any atom is 0.341 e. The van der Waals surface area contributed by atoms with E-state index in [1.54, 1.807) is 12.1 Å². The number of aromatic nitrogens is 1. The topological polar surface area (TPSA) is 72.6 Å². The van der Waals surface area contributed by atoms with Gasteiger partial charge in [-0.15, -0.1) is 0 Å². The molecule has 0 amide bonds. The molecule has 1 unspecified atom stereocenters. The SMILES string of the molecule is Cc1cc(-c2c(C)noc2C)cc2c1C(c1ccc(OCC(=O)O)cc1)=CC2CC1(F)CCCCC1. The Kier molecular flexibility index (Phi) is 6.45. The lowest BCUT2D eigenvalue weighted by Gasteiger charge is -2.31. The van der Waals surface area contributed by atoms with Crippen molar-refractivity contribution in [2.75, 3.05) is 6.61 Å². The highest BCUT2D eigenvalue weighted by Gasteiger charge is 2.37. The lowest BCUT2D eigenvalue weighted by atomic mass is 9.78. The number of fused-ring (bicyclic) bond motifs is 1. The molecule has 2 aliphatic carbocycles. The van der Waals surface area contributed by atoms with E-state index in [0.717, 1.165) is 69.7 Å². The number of allylic oxidation sites excluding steroid dienone is 1. The Morgan fingerprint density at radius 1 is 1.08 bits per heavy atom. The Labute approximate surface area is 211 Å². The van der Waals surface area contributed by atoms with Crippen LogP contribution in [0.2, 0.25) is 0 Å². The van der Waals surface area contributed by atoms with Crippen molar-refractivity contribution in [3.05, 3.63) is 76.2 Å². The summed E-state index contributed by atoms with van der Waals surface area (Å²) >= 11 is 0. The third kappa shape index (κ3) is 4.69. The van der Waals surface area contributed by atoms with Crippen molar-refractivity contribution in [2.24, 2.45) is 0 Å². The van der Waals surface area contributed by atoms with Gasteiger partial charge < -0.3 is 14.4 Å². The molecule has 1 atom stereocenters. The van der Waals surface area contributed by atoms with Gasteiger partial charge >= 0.3 is 5.97 Å². The molecule has 188 valence electrons. The summed E-state index contributed by atoms with van der Waals surface area (Å²) in [6, 6.07) is 11.8. The number of aliphatic carboxylic acids is 1. The summed E-state index contributed by atoms with van der Waals surface area (Å²) in [7, 11) is 0. The van der Waals surface area contributed by atoms with Crippen molar-refractivity contribution in [1.29, 1.82) is 0 Å². The van der Waals surface area contributed by atoms with Crippen LogP contribution >= 0.6 is 0 Å². The predicted molar refractivity (Wildman–Crippen MR) is 137 cm³/mol. The minimum Gasteiger partial charge on any atom is -0.482 e. The van der Waals surface area contributed by atoms with E-state index in [2.05, 4.69) is 30.3 Å². The number of carbonyl (C=O) groups is 1. The zero-order valence-corrected chi connectivity index (χ0v) is 21.1. The van der Waals surface area contributed by atoms with Crippen molar-refractivity contribution in [2.45, 2.75) is 70.9 Å². The molecule has 1 fully saturated rings. The van der Waals surface area contributed by atoms with E-state index in [1.165, 1.54) is 0 Å². The van der Waals surface area contributed by atoms with Crippen LogP contribution in [0.15, 0.2) is 47.0 Å². The second-order valence-corrected chi connectivity index (χ2v) is 10.3. The molecule has 2 aliphatic rings. The van der Waals surface area contributed by atoms with Crippen molar-refractivity contribution < 1.29 is 23.6 Å². The summed E-state index contributed by atoms with van der Waals surface area (Å²) in [6.45, 7) is 5.59. The smallest absolute Gasteiger partial charge is 0.341 e. The summed E-state index contributed by atoms with van der Waals surface area (Å²) < 4.78 is 26.7. The van der Waals surface area contributed by atoms with Crippen LogP contribution < -0.4 is 4.74 Å². The van der Waals surface area contributed by atoms with Crippen LogP contribution in [0.5, 0.6) is 5.75 Å². The molecule has 0 spiro atoms. The van der Waals surface area contributed by atoms with Crippen LogP contribution in [-0.4, -0.2) is 28.5 Å². The molecule has 5 rings (SSSR count). The standard InChI is InChI=1S/C30H32FNO4/c1-18-13-22(29-19(2)32-36-20(29)3)14-26-23(16-30(31)11-5-4-6-12-30)15-25(28(18)26)21-7-9-24(10-8-21)35-17-27(33)34/h7-10,13-15,23H,4-6,11-12,16-17H2,1-3H3,(H,33,34). The molecule has 0 aliphatic heterocycles. The predicted octanol–water partition coefficient (Wildman–Crippen LogP) is 7.32. The largest absolute Gasteiger partial charge is 0.482 e. The molecule has 5 nitrogen and oxygen atoms in total. The van der Waals surface area contributed by atoms with Gasteiger partial charge in [-0.05, 0) is 91.6 Å². The summed E-state index contributed by atoms with van der Waals surface area (Å²) in [5, 5.41) is 13.0. The highest BCUT2D eigenvalue weighted by atomic mass is 19.1. The Morgan fingerprint density at radius 2 is 1.81 bits per heavy atom. The molecule has 0 bridgehead atoms. The third-order valence-electron chi connectivity index (χ3n) is 7.59. The van der Waals surface area contributed by atoms with Crippen LogP contribution in [0, 0.1) is 20.8 Å². The molecule has 2 aromatic carbocycles. The van der Waals surface area contributed by atoms with Crippen LogP contribution in [0.1, 0.15) is 78.2 Å². The normalized spacial score (nSPS) is 18.6. The highest BCUT2D eigenvalue weighted by Crippen LogP contribution is 2.49. The molecule has 1 saturated carbocycles. The summed E-state index contributed by atoms with van der Waals surface area (Å²) in [6.07, 6.45) is 6.96. The molecule has 0 radical (unpaired) electrons. The van der Waals surface area contributed by atoms with Gasteiger partial charge in [0.1, 0.15) is 17.2 Å². The van der Waals surface area contributed by atoms with E-state index in [0.29, 0.717) is 25.0 Å². The quantitative estimate of drug-likeness (QED) is 0.376. The monoisotopic (exact) mass is 489 g/mol. The lowest BCUT2D eigenvalue weighted by Crippen LogP contribution is -2.28. The fraction of sp³-hybridized carbons (Fsp3) is 0.400. The molecular weight excluding hydrogens is 457 g/mol. The molecule has 3 aromatic rings. The minimum atomic E-state index is -1.15. The van der Waals surface area contributed by atoms with Crippen LogP contribution in [0.4, 0.5) is 4.39 Å². The van der Waals surface area contributed by atoms with Gasteiger partial charge in [-0.2, -0.15) is 0 Å². The summed E-state index contributed by atoms with van der Waals surface area (Å²) in [4.78, 5) is 10.8. The third-order valence-corrected chi connectivity index (χ3v) is 7.59. The Bertz CT molecular complexity index is 1300. The fourth-order valence-electron chi connectivity index (χ4n) is 5.96. The minimum absolute atomic E-state index is 0.0276. The number of carboxylic acid groups (broad SMARTS) is 1. The number of hydrogen-bond acceptors (Lipinski definition) is 4. The number of aryl methyl sites for hydroxylation is 3. The van der Waals surface area contributed by atoms with Gasteiger partial charge in [0.05, 0.1) is 5.69 Å². The van der Waals surface area contributed by atoms with Crippen molar-refractivity contribution in [1.82, 2.24) is 5.16 Å². The first-order valence-electron chi connectivity index (χ1n) is 12.7. The van der Waals surface area contributed by atoms with Gasteiger partial charge in [-0.1, -0.05) is 48.7 Å². The van der Waals surface area contributed by atoms with E-state index in [-0.39, 0.29) is 12.5 Å². The van der Waals surface area contributed by atoms with E-state index in [1.807, 2.05) is 26.0 Å². The Morgan fingerprint density at radius 3 is 2.44 bits per heavy atom. The van der Waals surface area contributed by atoms with Gasteiger partial charge in [-0.25, -0.2) is 9.18 Å². The second kappa shape index (κ2) is 9.57. The molecule has 1 aromatic heterocycles. The van der Waals surface area contributed by atoms with E-state index in [9.17, 15) is 4.79 Å². The van der Waals surface area contributed by atoms with Crippen LogP contribution in [0.25, 0.3) is 16.7 Å². The first-order chi connectivity index (χ1) is 17.2. The Hall–Kier alpha value is -3.41.